The number of fused-ring (bicyclic) bond motifs is 1. The number of nitrogens with one attached hydrogen (secondary N) is 2. The maximum absolute atomic E-state index is 12.4. The summed E-state index contributed by atoms with van der Waals surface area (Å²) in [7, 11) is 0. The minimum absolute atomic E-state index is 0.0224. The lowest BCUT2D eigenvalue weighted by Crippen LogP contribution is -2.45. The number of H-pyrrole nitrogens is 1. The Balaban J connectivity index is 1.30. The molecule has 0 atom stereocenters. The Morgan fingerprint density at radius 2 is 2.04 bits per heavy atom. The van der Waals surface area contributed by atoms with Gasteiger partial charge in [-0.25, -0.2) is 0 Å². The molecule has 0 aliphatic carbocycles. The van der Waals surface area contributed by atoms with Gasteiger partial charge in [0.15, 0.2) is 11.5 Å². The maximum Gasteiger partial charge on any atom is 0.254 e. The van der Waals surface area contributed by atoms with Crippen molar-refractivity contribution in [2.75, 3.05) is 30.5 Å². The summed E-state index contributed by atoms with van der Waals surface area (Å²) in [6, 6.07) is 7.08. The smallest absolute Gasteiger partial charge is 0.254 e. The number of hydrogen-bond donors (Lipinski definition) is 3. The monoisotopic (exact) mass is 371 g/mol. The first kappa shape index (κ1) is 17.2. The second-order valence-corrected chi connectivity index (χ2v) is 6.68. The number of rotatable bonds is 4. The van der Waals surface area contributed by atoms with Crippen LogP contribution in [0.15, 0.2) is 29.1 Å². The summed E-state index contributed by atoms with van der Waals surface area (Å²) in [6.07, 6.45) is 1.85. The Kier molecular flexibility index (Phi) is 4.57. The van der Waals surface area contributed by atoms with Gasteiger partial charge in [-0.2, -0.15) is 4.98 Å². The maximum atomic E-state index is 12.4. The molecule has 1 fully saturated rings. The fraction of sp³-hybridized carbons (Fsp3) is 0.389. The molecule has 4 N–H and O–H groups in total. The molecular formula is C18H21N5O4. The molecule has 2 aliphatic heterocycles. The van der Waals surface area contributed by atoms with Crippen LogP contribution in [0.4, 0.5) is 11.8 Å². The second kappa shape index (κ2) is 7.18. The van der Waals surface area contributed by atoms with Gasteiger partial charge in [-0.3, -0.25) is 14.6 Å². The van der Waals surface area contributed by atoms with Gasteiger partial charge < -0.3 is 25.4 Å². The highest BCUT2D eigenvalue weighted by molar-refractivity contribution is 5.79. The molecule has 3 heterocycles. The molecule has 142 valence electrons. The van der Waals surface area contributed by atoms with Crippen molar-refractivity contribution in [3.8, 4) is 11.5 Å². The van der Waals surface area contributed by atoms with E-state index in [1.54, 1.807) is 0 Å². The molecule has 2 aromatic rings. The van der Waals surface area contributed by atoms with Gasteiger partial charge in [0.05, 0.1) is 6.42 Å². The molecule has 4 rings (SSSR count). The number of nitrogen functional groups attached to an aromatic ring is 1. The van der Waals surface area contributed by atoms with Crippen molar-refractivity contribution in [2.45, 2.75) is 25.3 Å². The topological polar surface area (TPSA) is 123 Å². The minimum atomic E-state index is -0.267. The fourth-order valence-electron chi connectivity index (χ4n) is 3.39. The van der Waals surface area contributed by atoms with Crippen molar-refractivity contribution < 1.29 is 14.3 Å². The lowest BCUT2D eigenvalue weighted by Gasteiger charge is -2.33. The second-order valence-electron chi connectivity index (χ2n) is 6.68. The molecule has 0 radical (unpaired) electrons. The molecule has 2 aliphatic rings. The summed E-state index contributed by atoms with van der Waals surface area (Å²) >= 11 is 0. The Hall–Kier alpha value is -3.23. The first-order valence-electron chi connectivity index (χ1n) is 8.86. The van der Waals surface area contributed by atoms with Crippen LogP contribution in [0.3, 0.4) is 0 Å². The zero-order valence-corrected chi connectivity index (χ0v) is 14.7. The van der Waals surface area contributed by atoms with Crippen molar-refractivity contribution in [3.05, 3.63) is 40.2 Å². The number of benzene rings is 1. The molecule has 27 heavy (non-hydrogen) atoms. The van der Waals surface area contributed by atoms with Crippen LogP contribution in [0.5, 0.6) is 11.5 Å². The van der Waals surface area contributed by atoms with E-state index in [1.165, 1.54) is 6.07 Å². The number of anilines is 2. The molecule has 1 amide bonds. The van der Waals surface area contributed by atoms with Gasteiger partial charge in [-0.05, 0) is 30.5 Å². The SMILES string of the molecule is Nc1nc(N2CCC(NC(=O)Cc3ccc4c(c3)OCO4)CC2)cc(=O)[nH]1. The van der Waals surface area contributed by atoms with E-state index < -0.39 is 0 Å². The van der Waals surface area contributed by atoms with E-state index in [2.05, 4.69) is 15.3 Å². The van der Waals surface area contributed by atoms with Crippen LogP contribution in [0, 0.1) is 0 Å². The van der Waals surface area contributed by atoms with Gasteiger partial charge in [-0.1, -0.05) is 6.07 Å². The quantitative estimate of drug-likeness (QED) is 0.711. The number of piperidine rings is 1. The van der Waals surface area contributed by atoms with Crippen LogP contribution in [-0.4, -0.2) is 41.8 Å². The van der Waals surface area contributed by atoms with Crippen LogP contribution in [-0.2, 0) is 11.2 Å². The van der Waals surface area contributed by atoms with Gasteiger partial charge in [0.1, 0.15) is 5.82 Å². The van der Waals surface area contributed by atoms with Gasteiger partial charge in [0.25, 0.3) is 5.56 Å². The molecule has 9 nitrogen and oxygen atoms in total. The third-order valence-electron chi connectivity index (χ3n) is 4.73. The van der Waals surface area contributed by atoms with E-state index in [0.29, 0.717) is 36.8 Å². The lowest BCUT2D eigenvalue weighted by atomic mass is 10.0. The standard InChI is InChI=1S/C18H21N5O4/c19-18-21-15(9-17(25)22-18)23-5-3-12(4-6-23)20-16(24)8-11-1-2-13-14(7-11)27-10-26-13/h1-2,7,9,12H,3-6,8,10H2,(H,20,24)(H3,19,21,22,25). The highest BCUT2D eigenvalue weighted by Gasteiger charge is 2.22. The zero-order chi connectivity index (χ0) is 18.8. The summed E-state index contributed by atoms with van der Waals surface area (Å²) in [5, 5.41) is 3.08. The van der Waals surface area contributed by atoms with E-state index in [1.807, 2.05) is 23.1 Å². The van der Waals surface area contributed by atoms with Gasteiger partial charge >= 0.3 is 0 Å². The van der Waals surface area contributed by atoms with Gasteiger partial charge in [-0.15, -0.1) is 0 Å². The fourth-order valence-corrected chi connectivity index (χ4v) is 3.39. The van der Waals surface area contributed by atoms with Gasteiger partial charge in [0, 0.05) is 25.2 Å². The largest absolute Gasteiger partial charge is 0.454 e. The summed E-state index contributed by atoms with van der Waals surface area (Å²) in [5.74, 6) is 2.04. The van der Waals surface area contributed by atoms with E-state index in [4.69, 9.17) is 15.2 Å². The Morgan fingerprint density at radius 3 is 2.81 bits per heavy atom. The number of aromatic amines is 1. The summed E-state index contributed by atoms with van der Waals surface area (Å²) in [5.41, 5.74) is 6.22. The Bertz CT molecular complexity index is 905. The van der Waals surface area contributed by atoms with Crippen LogP contribution in [0.1, 0.15) is 18.4 Å². The number of amides is 1. The molecule has 9 heteroatoms. The van der Waals surface area contributed by atoms with Crippen LogP contribution in [0.2, 0.25) is 0 Å². The number of nitrogens with two attached hydrogens (primary N) is 1. The minimum Gasteiger partial charge on any atom is -0.454 e. The third kappa shape index (κ3) is 3.97. The van der Waals surface area contributed by atoms with Gasteiger partial charge in [0.2, 0.25) is 18.6 Å². The van der Waals surface area contributed by atoms with E-state index in [0.717, 1.165) is 18.4 Å². The molecule has 0 saturated carbocycles. The normalized spacial score (nSPS) is 16.4. The molecular weight excluding hydrogens is 350 g/mol. The van der Waals surface area contributed by atoms with Crippen molar-refractivity contribution in [3.63, 3.8) is 0 Å². The molecule has 0 bridgehead atoms. The van der Waals surface area contributed by atoms with E-state index in [-0.39, 0.29) is 30.2 Å². The first-order chi connectivity index (χ1) is 13.1. The Morgan fingerprint density at radius 1 is 1.26 bits per heavy atom. The number of ether oxygens (including phenoxy) is 2. The predicted octanol–water partition coefficient (Wildman–Crippen LogP) is 0.408. The van der Waals surface area contributed by atoms with Crippen molar-refractivity contribution in [2.24, 2.45) is 0 Å². The van der Waals surface area contributed by atoms with Crippen molar-refractivity contribution >= 4 is 17.7 Å². The van der Waals surface area contributed by atoms with Crippen molar-refractivity contribution in [1.82, 2.24) is 15.3 Å². The molecule has 1 aromatic heterocycles. The Labute approximate surface area is 155 Å². The highest BCUT2D eigenvalue weighted by Crippen LogP contribution is 2.32. The lowest BCUT2D eigenvalue weighted by molar-refractivity contribution is -0.121. The summed E-state index contributed by atoms with van der Waals surface area (Å²) in [4.78, 5) is 32.5. The first-order valence-corrected chi connectivity index (χ1v) is 8.86. The highest BCUT2D eigenvalue weighted by atomic mass is 16.7. The van der Waals surface area contributed by atoms with E-state index in [9.17, 15) is 9.59 Å². The molecule has 0 spiro atoms. The number of aromatic nitrogens is 2. The number of nitrogens with zero attached hydrogens (tertiary/aromatic N) is 2. The van der Waals surface area contributed by atoms with Crippen molar-refractivity contribution in [1.29, 1.82) is 0 Å². The number of carbonyl (C=O) groups is 1. The predicted molar refractivity (Wildman–Crippen MR) is 98.9 cm³/mol. The summed E-state index contributed by atoms with van der Waals surface area (Å²) in [6.45, 7) is 1.62. The van der Waals surface area contributed by atoms with Crippen LogP contribution >= 0.6 is 0 Å². The zero-order valence-electron chi connectivity index (χ0n) is 14.7. The third-order valence-corrected chi connectivity index (χ3v) is 4.73. The van der Waals surface area contributed by atoms with E-state index >= 15 is 0 Å². The molecule has 0 unspecified atom stereocenters. The molecule has 1 saturated heterocycles. The average molecular weight is 371 g/mol. The number of hydrogen-bond acceptors (Lipinski definition) is 7. The number of carbonyl (C=O) groups excluding carboxylic acids is 1. The summed E-state index contributed by atoms with van der Waals surface area (Å²) < 4.78 is 10.6. The molecule has 1 aromatic carbocycles. The van der Waals surface area contributed by atoms with Crippen LogP contribution < -0.4 is 31.0 Å². The van der Waals surface area contributed by atoms with Crippen LogP contribution in [0.25, 0.3) is 0 Å². The average Bonchev–Trinajstić information content (AvgIpc) is 3.09.